The van der Waals surface area contributed by atoms with E-state index in [-0.39, 0.29) is 11.7 Å². The van der Waals surface area contributed by atoms with Crippen LogP contribution in [0.25, 0.3) is 0 Å². The molecule has 5 heteroatoms. The molecule has 2 rings (SSSR count). The van der Waals surface area contributed by atoms with Crippen LogP contribution in [0.4, 0.5) is 0 Å². The maximum atomic E-state index is 11.9. The van der Waals surface area contributed by atoms with Crippen LogP contribution in [0.2, 0.25) is 0 Å². The fourth-order valence-electron chi connectivity index (χ4n) is 3.04. The van der Waals surface area contributed by atoms with Crippen molar-refractivity contribution >= 4 is 5.91 Å². The zero-order valence-electron chi connectivity index (χ0n) is 12.6. The SMILES string of the molecule is CCCc1nc(C(=O)NCCC2CCCC(C)C2)n[nH]1. The van der Waals surface area contributed by atoms with Crippen molar-refractivity contribution in [2.45, 2.75) is 58.8 Å². The van der Waals surface area contributed by atoms with Gasteiger partial charge >= 0.3 is 0 Å². The predicted octanol–water partition coefficient (Wildman–Crippen LogP) is 2.70. The van der Waals surface area contributed by atoms with E-state index in [0.29, 0.717) is 0 Å². The molecule has 5 nitrogen and oxygen atoms in total. The lowest BCUT2D eigenvalue weighted by Crippen LogP contribution is -2.28. The van der Waals surface area contributed by atoms with Crippen LogP contribution in [0, 0.1) is 11.8 Å². The number of amides is 1. The Morgan fingerprint density at radius 1 is 1.45 bits per heavy atom. The number of rotatable bonds is 6. The quantitative estimate of drug-likeness (QED) is 0.840. The standard InChI is InChI=1S/C15H26N4O/c1-3-5-13-17-14(19-18-13)15(20)16-9-8-12-7-4-6-11(2)10-12/h11-12H,3-10H2,1-2H3,(H,16,20)(H,17,18,19). The number of nitrogens with zero attached hydrogens (tertiary/aromatic N) is 2. The molecule has 2 N–H and O–H groups in total. The van der Waals surface area contributed by atoms with Crippen LogP contribution in [0.3, 0.4) is 0 Å². The average Bonchev–Trinajstić information content (AvgIpc) is 2.88. The maximum absolute atomic E-state index is 11.9. The van der Waals surface area contributed by atoms with Crippen LogP contribution in [0.1, 0.15) is 68.8 Å². The fraction of sp³-hybridized carbons (Fsp3) is 0.800. The molecule has 1 aliphatic carbocycles. The molecule has 0 aromatic carbocycles. The van der Waals surface area contributed by atoms with E-state index in [1.165, 1.54) is 25.7 Å². The zero-order chi connectivity index (χ0) is 14.4. The Morgan fingerprint density at radius 2 is 2.30 bits per heavy atom. The van der Waals surface area contributed by atoms with Gasteiger partial charge in [0.05, 0.1) is 0 Å². The molecule has 20 heavy (non-hydrogen) atoms. The van der Waals surface area contributed by atoms with Crippen LogP contribution in [0.5, 0.6) is 0 Å². The molecule has 112 valence electrons. The van der Waals surface area contributed by atoms with E-state index in [4.69, 9.17) is 0 Å². The van der Waals surface area contributed by atoms with Crippen LogP contribution >= 0.6 is 0 Å². The topological polar surface area (TPSA) is 70.7 Å². The average molecular weight is 278 g/mol. The molecule has 0 saturated heterocycles. The Hall–Kier alpha value is -1.39. The first kappa shape index (κ1) is 15.0. The molecule has 2 unspecified atom stereocenters. The minimum absolute atomic E-state index is 0.160. The predicted molar refractivity (Wildman–Crippen MR) is 78.4 cm³/mol. The molecule has 2 atom stereocenters. The van der Waals surface area contributed by atoms with Gasteiger partial charge in [0.25, 0.3) is 5.91 Å². The first-order chi connectivity index (χ1) is 9.69. The highest BCUT2D eigenvalue weighted by Gasteiger charge is 2.19. The van der Waals surface area contributed by atoms with Crippen molar-refractivity contribution in [2.75, 3.05) is 6.54 Å². The lowest BCUT2D eigenvalue weighted by molar-refractivity contribution is 0.0939. The summed E-state index contributed by atoms with van der Waals surface area (Å²) in [5, 5.41) is 9.71. The summed E-state index contributed by atoms with van der Waals surface area (Å²) in [6, 6.07) is 0. The van der Waals surface area contributed by atoms with Crippen molar-refractivity contribution in [3.8, 4) is 0 Å². The second-order valence-corrected chi connectivity index (χ2v) is 6.04. The highest BCUT2D eigenvalue weighted by atomic mass is 16.2. The summed E-state index contributed by atoms with van der Waals surface area (Å²) in [6.45, 7) is 5.13. The number of carbonyl (C=O) groups is 1. The number of aromatic nitrogens is 3. The first-order valence-electron chi connectivity index (χ1n) is 7.88. The largest absolute Gasteiger partial charge is 0.349 e. The Morgan fingerprint density at radius 3 is 3.05 bits per heavy atom. The van der Waals surface area contributed by atoms with Crippen LogP contribution < -0.4 is 5.32 Å². The monoisotopic (exact) mass is 278 g/mol. The van der Waals surface area contributed by atoms with Crippen molar-refractivity contribution in [3.05, 3.63) is 11.6 Å². The summed E-state index contributed by atoms with van der Waals surface area (Å²) >= 11 is 0. The second kappa shape index (κ2) is 7.41. The Labute approximate surface area is 120 Å². The van der Waals surface area contributed by atoms with Crippen molar-refractivity contribution in [2.24, 2.45) is 11.8 Å². The zero-order valence-corrected chi connectivity index (χ0v) is 12.6. The number of aromatic amines is 1. The van der Waals surface area contributed by atoms with Gasteiger partial charge in [-0.2, -0.15) is 0 Å². The molecule has 1 heterocycles. The van der Waals surface area contributed by atoms with E-state index in [1.807, 2.05) is 0 Å². The molecule has 1 aliphatic rings. The number of hydrogen-bond donors (Lipinski definition) is 2. The summed E-state index contributed by atoms with van der Waals surface area (Å²) in [4.78, 5) is 16.1. The van der Waals surface area contributed by atoms with Gasteiger partial charge in [-0.25, -0.2) is 4.98 Å². The van der Waals surface area contributed by atoms with Crippen LogP contribution in [-0.2, 0) is 6.42 Å². The van der Waals surface area contributed by atoms with Gasteiger partial charge in [0.1, 0.15) is 5.82 Å². The number of H-pyrrole nitrogens is 1. The molecule has 0 bridgehead atoms. The van der Waals surface area contributed by atoms with Gasteiger partial charge in [-0.3, -0.25) is 9.89 Å². The van der Waals surface area contributed by atoms with E-state index in [2.05, 4.69) is 34.3 Å². The molecule has 0 aliphatic heterocycles. The molecule has 1 aromatic heterocycles. The third kappa shape index (κ3) is 4.32. The lowest BCUT2D eigenvalue weighted by atomic mass is 9.81. The summed E-state index contributed by atoms with van der Waals surface area (Å²) in [5.74, 6) is 2.51. The fourth-order valence-corrected chi connectivity index (χ4v) is 3.04. The molecule has 1 fully saturated rings. The van der Waals surface area contributed by atoms with Gasteiger partial charge < -0.3 is 5.32 Å². The van der Waals surface area contributed by atoms with Gasteiger partial charge in [-0.1, -0.05) is 33.1 Å². The van der Waals surface area contributed by atoms with Gasteiger partial charge in [-0.15, -0.1) is 5.10 Å². The number of hydrogen-bond acceptors (Lipinski definition) is 3. The van der Waals surface area contributed by atoms with Crippen molar-refractivity contribution in [3.63, 3.8) is 0 Å². The highest BCUT2D eigenvalue weighted by Crippen LogP contribution is 2.30. The number of aryl methyl sites for hydroxylation is 1. The van der Waals surface area contributed by atoms with Gasteiger partial charge in [0.2, 0.25) is 5.82 Å². The maximum Gasteiger partial charge on any atom is 0.290 e. The van der Waals surface area contributed by atoms with Crippen molar-refractivity contribution < 1.29 is 4.79 Å². The van der Waals surface area contributed by atoms with E-state index >= 15 is 0 Å². The molecular formula is C15H26N4O. The van der Waals surface area contributed by atoms with Crippen molar-refractivity contribution in [1.82, 2.24) is 20.5 Å². The summed E-state index contributed by atoms with van der Waals surface area (Å²) in [6.07, 6.45) is 8.21. The third-order valence-corrected chi connectivity index (χ3v) is 4.10. The highest BCUT2D eigenvalue weighted by molar-refractivity contribution is 5.90. The van der Waals surface area contributed by atoms with Gasteiger partial charge in [0.15, 0.2) is 0 Å². The molecule has 1 amide bonds. The van der Waals surface area contributed by atoms with Gasteiger partial charge in [-0.05, 0) is 31.1 Å². The molecule has 0 spiro atoms. The molecule has 1 saturated carbocycles. The Kier molecular flexibility index (Phi) is 5.56. The molecular weight excluding hydrogens is 252 g/mol. The van der Waals surface area contributed by atoms with Crippen LogP contribution in [-0.4, -0.2) is 27.6 Å². The summed E-state index contributed by atoms with van der Waals surface area (Å²) < 4.78 is 0. The molecule has 0 radical (unpaired) electrons. The number of carbonyl (C=O) groups excluding carboxylic acids is 1. The van der Waals surface area contributed by atoms with Crippen molar-refractivity contribution in [1.29, 1.82) is 0 Å². The van der Waals surface area contributed by atoms with Crippen LogP contribution in [0.15, 0.2) is 0 Å². The minimum Gasteiger partial charge on any atom is -0.349 e. The Bertz CT molecular complexity index is 429. The summed E-state index contributed by atoms with van der Waals surface area (Å²) in [7, 11) is 0. The Balaban J connectivity index is 1.71. The second-order valence-electron chi connectivity index (χ2n) is 6.04. The lowest BCUT2D eigenvalue weighted by Gasteiger charge is -2.26. The first-order valence-corrected chi connectivity index (χ1v) is 7.88. The smallest absolute Gasteiger partial charge is 0.290 e. The number of nitrogens with one attached hydrogen (secondary N) is 2. The van der Waals surface area contributed by atoms with E-state index in [0.717, 1.165) is 43.5 Å². The van der Waals surface area contributed by atoms with Gasteiger partial charge in [0, 0.05) is 13.0 Å². The third-order valence-electron chi connectivity index (χ3n) is 4.10. The van der Waals surface area contributed by atoms with E-state index < -0.39 is 0 Å². The minimum atomic E-state index is -0.160. The normalized spacial score (nSPS) is 22.7. The van der Waals surface area contributed by atoms with E-state index in [1.54, 1.807) is 0 Å². The summed E-state index contributed by atoms with van der Waals surface area (Å²) in [5.41, 5.74) is 0. The van der Waals surface area contributed by atoms with E-state index in [9.17, 15) is 4.79 Å². The molecule has 1 aromatic rings.